The van der Waals surface area contributed by atoms with E-state index in [4.69, 9.17) is 5.73 Å². The van der Waals surface area contributed by atoms with Crippen LogP contribution in [0.2, 0.25) is 0 Å². The summed E-state index contributed by atoms with van der Waals surface area (Å²) in [7, 11) is 0. The third-order valence-corrected chi connectivity index (χ3v) is 6.32. The summed E-state index contributed by atoms with van der Waals surface area (Å²) in [6.07, 6.45) is 4.38. The third kappa shape index (κ3) is 5.12. The van der Waals surface area contributed by atoms with Gasteiger partial charge in [-0.25, -0.2) is 0 Å². The number of carbonyl (C=O) groups is 2. The molecule has 0 spiro atoms. The Hall–Kier alpha value is -2.04. The highest BCUT2D eigenvalue weighted by Crippen LogP contribution is 2.29. The van der Waals surface area contributed by atoms with Gasteiger partial charge in [-0.05, 0) is 61.5 Å². The molecule has 2 fully saturated rings. The van der Waals surface area contributed by atoms with E-state index in [0.717, 1.165) is 51.9 Å². The van der Waals surface area contributed by atoms with Crippen LogP contribution in [-0.4, -0.2) is 47.8 Å². The van der Waals surface area contributed by atoms with Crippen molar-refractivity contribution in [2.24, 2.45) is 23.7 Å². The van der Waals surface area contributed by atoms with E-state index in [1.165, 1.54) is 0 Å². The van der Waals surface area contributed by atoms with Crippen LogP contribution in [0.5, 0.6) is 0 Å². The van der Waals surface area contributed by atoms with E-state index in [9.17, 15) is 9.59 Å². The van der Waals surface area contributed by atoms with Crippen LogP contribution in [0.1, 0.15) is 74.1 Å². The molecule has 2 heterocycles. The Kier molecular flexibility index (Phi) is 6.86. The van der Waals surface area contributed by atoms with Crippen molar-refractivity contribution in [1.82, 2.24) is 9.80 Å². The smallest absolute Gasteiger partial charge is 0.255 e. The van der Waals surface area contributed by atoms with Gasteiger partial charge in [0, 0.05) is 26.2 Å². The number of nitrogens with zero attached hydrogens (tertiary/aromatic N) is 2. The maximum atomic E-state index is 13.1. The highest BCUT2D eigenvalue weighted by atomic mass is 16.2. The molecular formula is C24H37N3O2. The quantitative estimate of drug-likeness (QED) is 0.726. The molecule has 2 saturated heterocycles. The van der Waals surface area contributed by atoms with Crippen molar-refractivity contribution >= 4 is 17.5 Å². The normalized spacial score (nSPS) is 22.1. The Morgan fingerprint density at radius 1 is 0.897 bits per heavy atom. The molecule has 2 aliphatic rings. The van der Waals surface area contributed by atoms with E-state index in [2.05, 4.69) is 27.7 Å². The summed E-state index contributed by atoms with van der Waals surface area (Å²) in [5, 5.41) is 0. The molecule has 160 valence electrons. The zero-order valence-electron chi connectivity index (χ0n) is 18.5. The fraction of sp³-hybridized carbons (Fsp3) is 0.667. The lowest BCUT2D eigenvalue weighted by molar-refractivity contribution is 0.0786. The molecule has 2 aliphatic heterocycles. The summed E-state index contributed by atoms with van der Waals surface area (Å²) < 4.78 is 0. The highest BCUT2D eigenvalue weighted by Gasteiger charge is 2.31. The zero-order chi connectivity index (χ0) is 21.1. The van der Waals surface area contributed by atoms with E-state index in [1.54, 1.807) is 18.2 Å². The van der Waals surface area contributed by atoms with Crippen molar-refractivity contribution in [3.8, 4) is 0 Å². The second-order valence-electron chi connectivity index (χ2n) is 9.84. The van der Waals surface area contributed by atoms with E-state index in [0.29, 0.717) is 40.5 Å². The molecule has 5 heteroatoms. The van der Waals surface area contributed by atoms with Crippen molar-refractivity contribution in [1.29, 1.82) is 0 Å². The number of likely N-dealkylation sites (tertiary alicyclic amines) is 2. The molecule has 3 rings (SSSR count). The van der Waals surface area contributed by atoms with Crippen LogP contribution in [0, 0.1) is 23.7 Å². The molecule has 0 aromatic heterocycles. The molecule has 2 N–H and O–H groups in total. The van der Waals surface area contributed by atoms with Gasteiger partial charge >= 0.3 is 0 Å². The van der Waals surface area contributed by atoms with Crippen LogP contribution in [0.4, 0.5) is 5.69 Å². The first-order chi connectivity index (χ1) is 13.8. The summed E-state index contributed by atoms with van der Waals surface area (Å²) in [6.45, 7) is 12.0. The predicted octanol–water partition coefficient (Wildman–Crippen LogP) is 4.29. The predicted molar refractivity (Wildman–Crippen MR) is 118 cm³/mol. The SMILES string of the molecule is CC(C)CC1CCN(C(=O)c2cccc(C(=O)N3CCC(CC(C)C)C3)c2N)C1. The van der Waals surface area contributed by atoms with Crippen LogP contribution < -0.4 is 5.73 Å². The molecule has 0 aliphatic carbocycles. The number of hydrogen-bond donors (Lipinski definition) is 1. The minimum Gasteiger partial charge on any atom is -0.397 e. The van der Waals surface area contributed by atoms with Gasteiger partial charge in [0.1, 0.15) is 0 Å². The number of nitrogen functional groups attached to an aromatic ring is 1. The van der Waals surface area contributed by atoms with E-state index in [1.807, 2.05) is 9.80 Å². The maximum absolute atomic E-state index is 13.1. The third-order valence-electron chi connectivity index (χ3n) is 6.32. The lowest BCUT2D eigenvalue weighted by Gasteiger charge is -2.21. The molecule has 2 atom stereocenters. The fourth-order valence-corrected chi connectivity index (χ4v) is 5.03. The Morgan fingerprint density at radius 2 is 1.31 bits per heavy atom. The molecule has 2 unspecified atom stereocenters. The summed E-state index contributed by atoms with van der Waals surface area (Å²) in [5.74, 6) is 2.33. The van der Waals surface area contributed by atoms with Crippen molar-refractivity contribution in [3.63, 3.8) is 0 Å². The van der Waals surface area contributed by atoms with Gasteiger partial charge in [-0.1, -0.05) is 33.8 Å². The van der Waals surface area contributed by atoms with Gasteiger partial charge in [0.25, 0.3) is 11.8 Å². The van der Waals surface area contributed by atoms with E-state index >= 15 is 0 Å². The topological polar surface area (TPSA) is 66.6 Å². The average Bonchev–Trinajstić information content (AvgIpc) is 3.29. The van der Waals surface area contributed by atoms with Gasteiger partial charge in [-0.2, -0.15) is 0 Å². The summed E-state index contributed by atoms with van der Waals surface area (Å²) in [6, 6.07) is 5.31. The molecule has 5 nitrogen and oxygen atoms in total. The Labute approximate surface area is 175 Å². The number of nitrogens with two attached hydrogens (primary N) is 1. The average molecular weight is 400 g/mol. The molecule has 1 aromatic carbocycles. The summed E-state index contributed by atoms with van der Waals surface area (Å²) in [5.41, 5.74) is 7.63. The highest BCUT2D eigenvalue weighted by molar-refractivity contribution is 6.07. The molecule has 0 bridgehead atoms. The Morgan fingerprint density at radius 3 is 1.69 bits per heavy atom. The minimum absolute atomic E-state index is 0.0393. The first-order valence-corrected chi connectivity index (χ1v) is 11.2. The second kappa shape index (κ2) is 9.19. The van der Waals surface area contributed by atoms with Gasteiger partial charge < -0.3 is 15.5 Å². The number of anilines is 1. The van der Waals surface area contributed by atoms with Crippen LogP contribution >= 0.6 is 0 Å². The van der Waals surface area contributed by atoms with Crippen LogP contribution in [-0.2, 0) is 0 Å². The van der Waals surface area contributed by atoms with Gasteiger partial charge in [0.15, 0.2) is 0 Å². The standard InChI is InChI=1S/C24H37N3O2/c1-16(2)12-18-8-10-26(14-18)23(28)20-6-5-7-21(22(20)25)24(29)27-11-9-19(15-27)13-17(3)4/h5-7,16-19H,8-15,25H2,1-4H3. The number of carbonyl (C=O) groups excluding carboxylic acids is 2. The van der Waals surface area contributed by atoms with Gasteiger partial charge in [-0.15, -0.1) is 0 Å². The minimum atomic E-state index is -0.0393. The van der Waals surface area contributed by atoms with Gasteiger partial charge in [0.05, 0.1) is 16.8 Å². The summed E-state index contributed by atoms with van der Waals surface area (Å²) >= 11 is 0. The van der Waals surface area contributed by atoms with Crippen molar-refractivity contribution in [2.45, 2.75) is 53.4 Å². The molecule has 2 amide bonds. The molecular weight excluding hydrogens is 362 g/mol. The van der Waals surface area contributed by atoms with Crippen molar-refractivity contribution in [3.05, 3.63) is 29.3 Å². The molecule has 0 radical (unpaired) electrons. The second-order valence-corrected chi connectivity index (χ2v) is 9.84. The molecule has 29 heavy (non-hydrogen) atoms. The first kappa shape index (κ1) is 21.7. The van der Waals surface area contributed by atoms with Crippen LogP contribution in [0.15, 0.2) is 18.2 Å². The number of para-hydroxylation sites is 1. The van der Waals surface area contributed by atoms with Crippen molar-refractivity contribution in [2.75, 3.05) is 31.9 Å². The van der Waals surface area contributed by atoms with E-state index < -0.39 is 0 Å². The Bertz CT molecular complexity index is 685. The number of hydrogen-bond acceptors (Lipinski definition) is 3. The summed E-state index contributed by atoms with van der Waals surface area (Å²) in [4.78, 5) is 30.0. The number of rotatable bonds is 6. The van der Waals surface area contributed by atoms with Crippen LogP contribution in [0.25, 0.3) is 0 Å². The zero-order valence-corrected chi connectivity index (χ0v) is 18.5. The molecule has 0 saturated carbocycles. The molecule has 1 aromatic rings. The Balaban J connectivity index is 1.70. The first-order valence-electron chi connectivity index (χ1n) is 11.2. The monoisotopic (exact) mass is 399 g/mol. The van der Waals surface area contributed by atoms with Gasteiger partial charge in [-0.3, -0.25) is 9.59 Å². The van der Waals surface area contributed by atoms with Crippen LogP contribution in [0.3, 0.4) is 0 Å². The lowest BCUT2D eigenvalue weighted by atomic mass is 9.96. The number of amides is 2. The lowest BCUT2D eigenvalue weighted by Crippen LogP contribution is -2.32. The largest absolute Gasteiger partial charge is 0.397 e. The maximum Gasteiger partial charge on any atom is 0.255 e. The number of benzene rings is 1. The van der Waals surface area contributed by atoms with E-state index in [-0.39, 0.29) is 11.8 Å². The fourth-order valence-electron chi connectivity index (χ4n) is 5.03. The van der Waals surface area contributed by atoms with Gasteiger partial charge in [0.2, 0.25) is 0 Å². The van der Waals surface area contributed by atoms with Crippen molar-refractivity contribution < 1.29 is 9.59 Å².